The van der Waals surface area contributed by atoms with Gasteiger partial charge in [0, 0.05) is 54.2 Å². The molecular weight excluding hydrogens is 508 g/mol. The molecule has 0 saturated carbocycles. The Morgan fingerprint density at radius 2 is 1.68 bits per heavy atom. The van der Waals surface area contributed by atoms with Crippen LogP contribution in [-0.2, 0) is 39.0 Å². The number of hydrogen-bond donors (Lipinski definition) is 3. The first kappa shape index (κ1) is 28.7. The molecule has 1 unspecified atom stereocenters. The van der Waals surface area contributed by atoms with Crippen molar-refractivity contribution in [2.45, 2.75) is 52.2 Å². The maximum Gasteiger partial charge on any atom is 0.408 e. The fourth-order valence-corrected chi connectivity index (χ4v) is 4.88. The van der Waals surface area contributed by atoms with E-state index in [0.717, 1.165) is 32.9 Å². The normalized spacial score (nSPS) is 13.1. The smallest absolute Gasteiger partial charge is 0.408 e. The Labute approximate surface area is 234 Å². The summed E-state index contributed by atoms with van der Waals surface area (Å²) in [5.41, 5.74) is 3.15. The Morgan fingerprint density at radius 3 is 2.40 bits per heavy atom. The van der Waals surface area contributed by atoms with Crippen LogP contribution in [0.5, 0.6) is 0 Å². The molecule has 0 aliphatic rings. The van der Waals surface area contributed by atoms with Gasteiger partial charge in [0.2, 0.25) is 5.91 Å². The number of para-hydroxylation sites is 2. The number of rotatable bonds is 10. The summed E-state index contributed by atoms with van der Waals surface area (Å²) in [6, 6.07) is 14.8. The van der Waals surface area contributed by atoms with Gasteiger partial charge < -0.3 is 29.7 Å². The van der Waals surface area contributed by atoms with Crippen LogP contribution in [0.4, 0.5) is 4.79 Å². The van der Waals surface area contributed by atoms with Crippen LogP contribution in [0.3, 0.4) is 0 Å². The van der Waals surface area contributed by atoms with Gasteiger partial charge in [0.1, 0.15) is 11.6 Å². The van der Waals surface area contributed by atoms with E-state index < -0.39 is 29.6 Å². The van der Waals surface area contributed by atoms with Crippen LogP contribution >= 0.6 is 0 Å². The standard InChI is InChI=1S/C31H38N4O5/c1-6-39-29(37)21(15-22-19-35(5)27-14-10-8-12-24(22)27)18-33-28(36)26(34-30(38)40-31(2,3)4)16-20-17-32-25-13-9-7-11-23(20)25/h7-14,17,19,21,26,32H,6,15-16,18H2,1-5H3,(H,33,36)(H,34,38)/t21?,26-/m1/s1. The molecule has 2 amide bonds. The van der Waals surface area contributed by atoms with Crippen molar-refractivity contribution in [2.75, 3.05) is 13.2 Å². The van der Waals surface area contributed by atoms with Gasteiger partial charge in [-0.1, -0.05) is 36.4 Å². The first-order valence-electron chi connectivity index (χ1n) is 13.6. The lowest BCUT2D eigenvalue weighted by Crippen LogP contribution is -2.50. The molecule has 40 heavy (non-hydrogen) atoms. The Bertz CT molecular complexity index is 1500. The third-order valence-electron chi connectivity index (χ3n) is 6.69. The molecule has 9 heteroatoms. The highest BCUT2D eigenvalue weighted by Crippen LogP contribution is 2.24. The summed E-state index contributed by atoms with van der Waals surface area (Å²) in [7, 11) is 1.96. The van der Waals surface area contributed by atoms with Crippen LogP contribution in [0.25, 0.3) is 21.8 Å². The summed E-state index contributed by atoms with van der Waals surface area (Å²) in [4.78, 5) is 42.3. The molecule has 0 spiro atoms. The number of hydrogen-bond acceptors (Lipinski definition) is 5. The van der Waals surface area contributed by atoms with Crippen molar-refractivity contribution in [3.05, 3.63) is 72.1 Å². The van der Waals surface area contributed by atoms with Crippen molar-refractivity contribution < 1.29 is 23.9 Å². The number of esters is 1. The van der Waals surface area contributed by atoms with E-state index in [2.05, 4.69) is 15.6 Å². The third-order valence-corrected chi connectivity index (χ3v) is 6.69. The molecule has 2 aromatic carbocycles. The Hall–Kier alpha value is -4.27. The van der Waals surface area contributed by atoms with E-state index in [-0.39, 0.29) is 25.5 Å². The minimum Gasteiger partial charge on any atom is -0.466 e. The number of carbonyl (C=O) groups excluding carboxylic acids is 3. The number of H-pyrrole nitrogens is 1. The molecule has 9 nitrogen and oxygen atoms in total. The number of aromatic amines is 1. The maximum atomic E-state index is 13.5. The predicted octanol–water partition coefficient (Wildman–Crippen LogP) is 4.63. The average molecular weight is 547 g/mol. The number of nitrogens with one attached hydrogen (secondary N) is 3. The van der Waals surface area contributed by atoms with E-state index in [9.17, 15) is 14.4 Å². The molecule has 2 aromatic heterocycles. The number of aromatic nitrogens is 2. The van der Waals surface area contributed by atoms with Gasteiger partial charge in [-0.15, -0.1) is 0 Å². The van der Waals surface area contributed by atoms with Gasteiger partial charge in [0.25, 0.3) is 0 Å². The molecule has 0 saturated heterocycles. The monoisotopic (exact) mass is 546 g/mol. The van der Waals surface area contributed by atoms with Crippen LogP contribution in [0.1, 0.15) is 38.8 Å². The first-order chi connectivity index (χ1) is 19.1. The number of ether oxygens (including phenoxy) is 2. The molecule has 0 radical (unpaired) electrons. The molecule has 2 heterocycles. The summed E-state index contributed by atoms with van der Waals surface area (Å²) in [6.45, 7) is 7.34. The topological polar surface area (TPSA) is 114 Å². The van der Waals surface area contributed by atoms with Crippen LogP contribution in [0, 0.1) is 5.92 Å². The second-order valence-corrected chi connectivity index (χ2v) is 10.9. The van der Waals surface area contributed by atoms with Crippen LogP contribution in [0.2, 0.25) is 0 Å². The minimum atomic E-state index is -0.922. The van der Waals surface area contributed by atoms with E-state index in [1.165, 1.54) is 0 Å². The molecule has 0 fully saturated rings. The zero-order valence-electron chi connectivity index (χ0n) is 23.7. The lowest BCUT2D eigenvalue weighted by molar-refractivity contribution is -0.147. The minimum absolute atomic E-state index is 0.0568. The number of benzene rings is 2. The number of nitrogens with zero attached hydrogens (tertiary/aromatic N) is 1. The van der Waals surface area contributed by atoms with Gasteiger partial charge in [-0.05, 0) is 57.4 Å². The molecule has 0 aliphatic heterocycles. The van der Waals surface area contributed by atoms with Crippen LogP contribution in [-0.4, -0.2) is 52.3 Å². The van der Waals surface area contributed by atoms with Crippen LogP contribution < -0.4 is 10.6 Å². The SMILES string of the molecule is CCOC(=O)C(CNC(=O)[C@@H](Cc1c[nH]c2ccccc12)NC(=O)OC(C)(C)C)Cc1cn(C)c2ccccc12. The second kappa shape index (κ2) is 12.3. The van der Waals surface area contributed by atoms with Crippen LogP contribution in [0.15, 0.2) is 60.9 Å². The summed E-state index contributed by atoms with van der Waals surface area (Å²) in [5.74, 6) is -1.41. The zero-order valence-corrected chi connectivity index (χ0v) is 23.7. The largest absolute Gasteiger partial charge is 0.466 e. The number of aryl methyl sites for hydroxylation is 1. The third kappa shape index (κ3) is 7.02. The molecule has 4 aromatic rings. The molecule has 3 N–H and O–H groups in total. The quantitative estimate of drug-likeness (QED) is 0.251. The fraction of sp³-hybridized carbons (Fsp3) is 0.387. The van der Waals surface area contributed by atoms with Crippen molar-refractivity contribution in [1.82, 2.24) is 20.2 Å². The van der Waals surface area contributed by atoms with E-state index in [4.69, 9.17) is 9.47 Å². The lowest BCUT2D eigenvalue weighted by atomic mass is 9.98. The Kier molecular flexibility index (Phi) is 8.82. The van der Waals surface area contributed by atoms with E-state index >= 15 is 0 Å². The summed E-state index contributed by atoms with van der Waals surface area (Å²) >= 11 is 0. The predicted molar refractivity (Wildman–Crippen MR) is 155 cm³/mol. The van der Waals surface area contributed by atoms with Crippen molar-refractivity contribution in [3.8, 4) is 0 Å². The maximum absolute atomic E-state index is 13.5. The van der Waals surface area contributed by atoms with Gasteiger partial charge in [0.05, 0.1) is 12.5 Å². The fourth-order valence-electron chi connectivity index (χ4n) is 4.88. The van der Waals surface area contributed by atoms with E-state index in [1.807, 2.05) is 72.5 Å². The zero-order chi connectivity index (χ0) is 28.9. The summed E-state index contributed by atoms with van der Waals surface area (Å²) in [6.07, 6.45) is 3.78. The number of alkyl carbamates (subject to hydrolysis) is 1. The molecule has 212 valence electrons. The first-order valence-corrected chi connectivity index (χ1v) is 13.6. The lowest BCUT2D eigenvalue weighted by Gasteiger charge is -2.24. The molecule has 2 atom stereocenters. The van der Waals surface area contributed by atoms with Gasteiger partial charge in [-0.25, -0.2) is 4.79 Å². The van der Waals surface area contributed by atoms with Crippen molar-refractivity contribution in [1.29, 1.82) is 0 Å². The molecule has 0 aliphatic carbocycles. The van der Waals surface area contributed by atoms with Gasteiger partial charge >= 0.3 is 12.1 Å². The molecule has 4 rings (SSSR count). The van der Waals surface area contributed by atoms with Gasteiger partial charge in [-0.3, -0.25) is 9.59 Å². The number of fused-ring (bicyclic) bond motifs is 2. The Morgan fingerprint density at radius 1 is 0.975 bits per heavy atom. The van der Waals surface area contributed by atoms with E-state index in [0.29, 0.717) is 6.42 Å². The van der Waals surface area contributed by atoms with Crippen molar-refractivity contribution >= 4 is 39.8 Å². The van der Waals surface area contributed by atoms with Crippen molar-refractivity contribution in [2.24, 2.45) is 13.0 Å². The highest BCUT2D eigenvalue weighted by Gasteiger charge is 2.28. The molecule has 0 bridgehead atoms. The highest BCUT2D eigenvalue weighted by atomic mass is 16.6. The Balaban J connectivity index is 1.53. The van der Waals surface area contributed by atoms with Gasteiger partial charge in [-0.2, -0.15) is 0 Å². The second-order valence-electron chi connectivity index (χ2n) is 10.9. The summed E-state index contributed by atoms with van der Waals surface area (Å²) < 4.78 is 12.8. The van der Waals surface area contributed by atoms with E-state index in [1.54, 1.807) is 27.7 Å². The number of carbonyl (C=O) groups is 3. The highest BCUT2D eigenvalue weighted by molar-refractivity contribution is 5.89. The average Bonchev–Trinajstić information content (AvgIpc) is 3.45. The van der Waals surface area contributed by atoms with Crippen molar-refractivity contribution in [3.63, 3.8) is 0 Å². The van der Waals surface area contributed by atoms with Gasteiger partial charge in [0.15, 0.2) is 0 Å². The summed E-state index contributed by atoms with van der Waals surface area (Å²) in [5, 5.41) is 7.64. The number of amides is 2. The molecular formula is C31H38N4O5.